The average Bonchev–Trinajstić information content (AvgIpc) is 2.99. The summed E-state index contributed by atoms with van der Waals surface area (Å²) in [6.45, 7) is 4.23. The maximum atomic E-state index is 12.3. The Morgan fingerprint density at radius 2 is 2.18 bits per heavy atom. The molecule has 22 heavy (non-hydrogen) atoms. The number of hydrogen-bond acceptors (Lipinski definition) is 2. The molecule has 2 amide bonds. The van der Waals surface area contributed by atoms with Crippen molar-refractivity contribution in [3.63, 3.8) is 0 Å². The third-order valence-electron chi connectivity index (χ3n) is 5.58. The van der Waals surface area contributed by atoms with Crippen molar-refractivity contribution in [1.29, 1.82) is 0 Å². The molecule has 1 spiro atoms. The van der Waals surface area contributed by atoms with Gasteiger partial charge in [-0.25, -0.2) is 4.79 Å². The van der Waals surface area contributed by atoms with Crippen LogP contribution in [0, 0.1) is 11.3 Å². The smallest absolute Gasteiger partial charge is 0.317 e. The zero-order chi connectivity index (χ0) is 15.0. The molecule has 2 aliphatic heterocycles. The molecule has 4 rings (SSSR count). The lowest BCUT2D eigenvalue weighted by Gasteiger charge is -2.22. The minimum Gasteiger partial charge on any atom is -0.381 e. The third-order valence-corrected chi connectivity index (χ3v) is 5.58. The number of carbonyl (C=O) groups is 1. The molecule has 0 aromatic heterocycles. The Morgan fingerprint density at radius 3 is 2.95 bits per heavy atom. The van der Waals surface area contributed by atoms with Gasteiger partial charge in [-0.3, -0.25) is 0 Å². The molecule has 2 heterocycles. The van der Waals surface area contributed by atoms with Gasteiger partial charge in [0, 0.05) is 31.7 Å². The first-order valence-electron chi connectivity index (χ1n) is 8.41. The molecule has 1 aromatic rings. The Bertz CT molecular complexity index is 539. The molecular weight excluding hydrogens is 276 g/mol. The molecule has 118 valence electrons. The monoisotopic (exact) mass is 300 g/mol. The number of amides is 2. The van der Waals surface area contributed by atoms with Gasteiger partial charge in [-0.05, 0) is 36.7 Å². The van der Waals surface area contributed by atoms with Crippen LogP contribution in [0.1, 0.15) is 30.7 Å². The zero-order valence-corrected chi connectivity index (χ0v) is 13.0. The van der Waals surface area contributed by atoms with Crippen LogP contribution in [0.2, 0.25) is 0 Å². The minimum atomic E-state index is 0.113. The second-order valence-corrected chi connectivity index (χ2v) is 7.17. The summed E-state index contributed by atoms with van der Waals surface area (Å²) in [6, 6.07) is 10.7. The number of rotatable bonds is 3. The van der Waals surface area contributed by atoms with Crippen LogP contribution in [0.3, 0.4) is 0 Å². The first kappa shape index (κ1) is 14.1. The summed E-state index contributed by atoms with van der Waals surface area (Å²) in [5, 5.41) is 3.14. The Morgan fingerprint density at radius 1 is 1.32 bits per heavy atom. The molecule has 0 radical (unpaired) electrons. The van der Waals surface area contributed by atoms with E-state index in [9.17, 15) is 4.79 Å². The van der Waals surface area contributed by atoms with Crippen LogP contribution in [-0.2, 0) is 4.74 Å². The predicted octanol–water partition coefficient (Wildman–Crippen LogP) is 2.61. The van der Waals surface area contributed by atoms with E-state index in [0.717, 1.165) is 45.7 Å². The third kappa shape index (κ3) is 2.72. The summed E-state index contributed by atoms with van der Waals surface area (Å²) in [5.41, 5.74) is 1.66. The van der Waals surface area contributed by atoms with E-state index in [1.165, 1.54) is 12.0 Å². The highest BCUT2D eigenvalue weighted by Crippen LogP contribution is 2.46. The standard InChI is InChI=1S/C18H24N2O2/c21-17(20-8-6-18(12-20)7-9-22-13-18)19-11-15-10-16(15)14-4-2-1-3-5-14/h1-5,15-16H,6-13H2,(H,19,21)/t15-,16-,18-/m0/s1. The van der Waals surface area contributed by atoms with E-state index in [2.05, 4.69) is 35.6 Å². The number of hydrogen-bond donors (Lipinski definition) is 1. The first-order chi connectivity index (χ1) is 10.8. The SMILES string of the molecule is O=C(NC[C@@H]1C[C@H]1c1ccccc1)N1CC[C@]2(CCOC2)C1. The topological polar surface area (TPSA) is 41.6 Å². The van der Waals surface area contributed by atoms with Crippen LogP contribution < -0.4 is 5.32 Å². The minimum absolute atomic E-state index is 0.113. The van der Waals surface area contributed by atoms with E-state index in [-0.39, 0.29) is 11.4 Å². The first-order valence-corrected chi connectivity index (χ1v) is 8.41. The van der Waals surface area contributed by atoms with Crippen molar-refractivity contribution in [2.45, 2.75) is 25.2 Å². The van der Waals surface area contributed by atoms with Gasteiger partial charge in [0.15, 0.2) is 0 Å². The summed E-state index contributed by atoms with van der Waals surface area (Å²) in [4.78, 5) is 14.3. The van der Waals surface area contributed by atoms with Crippen molar-refractivity contribution in [2.24, 2.45) is 11.3 Å². The van der Waals surface area contributed by atoms with Crippen LogP contribution >= 0.6 is 0 Å². The van der Waals surface area contributed by atoms with Crippen molar-refractivity contribution in [2.75, 3.05) is 32.8 Å². The highest BCUT2D eigenvalue weighted by atomic mass is 16.5. The molecule has 1 N–H and O–H groups in total. The number of ether oxygens (including phenoxy) is 1. The van der Waals surface area contributed by atoms with Gasteiger partial charge < -0.3 is 15.0 Å². The van der Waals surface area contributed by atoms with E-state index >= 15 is 0 Å². The lowest BCUT2D eigenvalue weighted by atomic mass is 9.87. The lowest BCUT2D eigenvalue weighted by molar-refractivity contribution is 0.152. The molecule has 3 aliphatic rings. The Kier molecular flexibility index (Phi) is 3.57. The van der Waals surface area contributed by atoms with Gasteiger partial charge in [0.1, 0.15) is 0 Å². The number of nitrogens with zero attached hydrogens (tertiary/aromatic N) is 1. The summed E-state index contributed by atoms with van der Waals surface area (Å²) < 4.78 is 5.52. The number of urea groups is 1. The van der Waals surface area contributed by atoms with Gasteiger partial charge in [0.25, 0.3) is 0 Å². The van der Waals surface area contributed by atoms with Crippen LogP contribution in [0.5, 0.6) is 0 Å². The number of nitrogens with one attached hydrogen (secondary N) is 1. The second kappa shape index (κ2) is 5.58. The molecule has 4 heteroatoms. The van der Waals surface area contributed by atoms with E-state index in [0.29, 0.717) is 11.8 Å². The van der Waals surface area contributed by atoms with Gasteiger partial charge >= 0.3 is 6.03 Å². The highest BCUT2D eigenvalue weighted by molar-refractivity contribution is 5.74. The molecule has 4 nitrogen and oxygen atoms in total. The van der Waals surface area contributed by atoms with Crippen molar-refractivity contribution in [1.82, 2.24) is 10.2 Å². The summed E-state index contributed by atoms with van der Waals surface area (Å²) >= 11 is 0. The van der Waals surface area contributed by atoms with Crippen molar-refractivity contribution < 1.29 is 9.53 Å². The van der Waals surface area contributed by atoms with Gasteiger partial charge in [-0.2, -0.15) is 0 Å². The van der Waals surface area contributed by atoms with Gasteiger partial charge in [0.05, 0.1) is 6.61 Å². The molecule has 1 aromatic carbocycles. The Balaban J connectivity index is 1.24. The summed E-state index contributed by atoms with van der Waals surface area (Å²) in [7, 11) is 0. The number of likely N-dealkylation sites (tertiary alicyclic amines) is 1. The number of benzene rings is 1. The van der Waals surface area contributed by atoms with Crippen LogP contribution in [0.15, 0.2) is 30.3 Å². The second-order valence-electron chi connectivity index (χ2n) is 7.17. The largest absolute Gasteiger partial charge is 0.381 e. The number of carbonyl (C=O) groups excluding carboxylic acids is 1. The quantitative estimate of drug-likeness (QED) is 0.932. The molecule has 3 atom stereocenters. The van der Waals surface area contributed by atoms with E-state index < -0.39 is 0 Å². The fourth-order valence-corrected chi connectivity index (χ4v) is 3.99. The molecule has 1 aliphatic carbocycles. The van der Waals surface area contributed by atoms with E-state index in [1.54, 1.807) is 0 Å². The fraction of sp³-hybridized carbons (Fsp3) is 0.611. The summed E-state index contributed by atoms with van der Waals surface area (Å²) in [5.74, 6) is 1.24. The Labute approximate surface area is 131 Å². The average molecular weight is 300 g/mol. The molecule has 3 fully saturated rings. The summed E-state index contributed by atoms with van der Waals surface area (Å²) in [6.07, 6.45) is 3.40. The van der Waals surface area contributed by atoms with Crippen molar-refractivity contribution >= 4 is 6.03 Å². The van der Waals surface area contributed by atoms with Gasteiger partial charge in [-0.1, -0.05) is 30.3 Å². The van der Waals surface area contributed by atoms with E-state index in [1.807, 2.05) is 4.90 Å². The lowest BCUT2D eigenvalue weighted by Crippen LogP contribution is -2.40. The van der Waals surface area contributed by atoms with E-state index in [4.69, 9.17) is 4.74 Å². The van der Waals surface area contributed by atoms with Gasteiger partial charge in [-0.15, -0.1) is 0 Å². The van der Waals surface area contributed by atoms with Crippen LogP contribution in [-0.4, -0.2) is 43.8 Å². The maximum absolute atomic E-state index is 12.3. The van der Waals surface area contributed by atoms with Crippen LogP contribution in [0.4, 0.5) is 4.79 Å². The van der Waals surface area contributed by atoms with Crippen molar-refractivity contribution in [3.05, 3.63) is 35.9 Å². The van der Waals surface area contributed by atoms with Crippen molar-refractivity contribution in [3.8, 4) is 0 Å². The Hall–Kier alpha value is -1.55. The molecule has 0 unspecified atom stereocenters. The molecule has 1 saturated carbocycles. The fourth-order valence-electron chi connectivity index (χ4n) is 3.99. The maximum Gasteiger partial charge on any atom is 0.317 e. The molecule has 0 bridgehead atoms. The molecule has 2 saturated heterocycles. The normalized spacial score (nSPS) is 33.4. The predicted molar refractivity (Wildman–Crippen MR) is 84.7 cm³/mol. The zero-order valence-electron chi connectivity index (χ0n) is 13.0. The van der Waals surface area contributed by atoms with Crippen LogP contribution in [0.25, 0.3) is 0 Å². The highest BCUT2D eigenvalue weighted by Gasteiger charge is 2.43. The van der Waals surface area contributed by atoms with Gasteiger partial charge in [0.2, 0.25) is 0 Å². The molecular formula is C18H24N2O2.